The van der Waals surface area contributed by atoms with Crippen molar-refractivity contribution < 1.29 is 14.8 Å². The van der Waals surface area contributed by atoms with Crippen LogP contribution in [0.4, 0.5) is 28.4 Å². The molecule has 2 atom stereocenters. The molecular weight excluding hydrogens is 1180 g/mol. The number of aryl methyl sites for hydroxylation is 1. The van der Waals surface area contributed by atoms with E-state index in [2.05, 4.69) is 168 Å². The standard InChI is InChI=1S/C63H61N7O6.C10H16.C5H8.2C2H6/c1-7-10-25-53(39-46(6)68(71)72)65(44(4)37-49-23-16-15-20-47(49)9-3)54-26-18-27-55(42-54)67-62-35-31-51(64-52-24-17-28-59(41-52)70(75)76)30-34-60(62)61-43-57(33-36-63(61)67)66(45(5)38-58(19-8-2)69(73)74)56-32-29-48-21-13-11-12-14-22-50(48)40-56;1-4-7-9-10(6-3)8-5-2;1-3-5-4-2;2*1-2/h7-8,10-20,23-29,31-43,45,53,64H,1,9,21-22,30H2,2-6H3;4-5,7-9H,6H2,1-3H3;3-5H,1H2,2H3;2*1-2H3/b13-11?,14-12-,19-8-,25-10?,44-37+,46-39+,58-38+;7-4-,8-5-,10-9-;5-4-;;. The van der Waals surface area contributed by atoms with E-state index >= 15 is 0 Å². The highest BCUT2D eigenvalue weighted by molar-refractivity contribution is 5.89. The normalized spacial score (nSPS) is 14.1. The van der Waals surface area contributed by atoms with Gasteiger partial charge in [-0.3, -0.25) is 30.3 Å². The Morgan fingerprint density at radius 3 is 1.99 bits per heavy atom. The smallest absolute Gasteiger partial charge is 0.271 e. The van der Waals surface area contributed by atoms with Crippen LogP contribution in [0, 0.1) is 30.3 Å². The Morgan fingerprint density at radius 2 is 1.36 bits per heavy atom. The molecule has 2 aliphatic rings. The van der Waals surface area contributed by atoms with Gasteiger partial charge in [-0.2, -0.15) is 0 Å². The number of allylic oxidation sites excluding steroid dienone is 21. The van der Waals surface area contributed by atoms with Gasteiger partial charge in [0.25, 0.3) is 11.4 Å². The Hall–Kier alpha value is -10.7. The first-order chi connectivity index (χ1) is 46.0. The van der Waals surface area contributed by atoms with Gasteiger partial charge < -0.3 is 19.7 Å². The first-order valence-electron chi connectivity index (χ1n) is 32.8. The fraction of sp³-hybridized carbons (Fsp3) is 0.244. The Labute approximate surface area is 564 Å². The van der Waals surface area contributed by atoms with Crippen LogP contribution in [-0.4, -0.2) is 31.4 Å². The van der Waals surface area contributed by atoms with Crippen molar-refractivity contribution in [3.05, 3.63) is 335 Å². The number of fused-ring (bicyclic) bond motifs is 4. The molecule has 1 heterocycles. The number of nitro benzene ring substituents is 1. The molecule has 2 aliphatic carbocycles. The minimum atomic E-state index is -0.592. The average Bonchev–Trinajstić information content (AvgIpc) is 1.60. The number of benzene rings is 5. The van der Waals surface area contributed by atoms with Gasteiger partial charge in [-0.1, -0.05) is 200 Å². The van der Waals surface area contributed by atoms with Gasteiger partial charge in [0.05, 0.1) is 37.7 Å². The molecule has 5 aromatic carbocycles. The number of hydrogen-bond donors (Lipinski definition) is 1. The summed E-state index contributed by atoms with van der Waals surface area (Å²) in [5.74, 6) is 0. The molecule has 13 nitrogen and oxygen atoms in total. The predicted octanol–water partition coefficient (Wildman–Crippen LogP) is 21.0. The highest BCUT2D eigenvalue weighted by atomic mass is 16.6. The number of nitrogens with one attached hydrogen (secondary N) is 1. The average molecular weight is 1280 g/mol. The minimum Gasteiger partial charge on any atom is -0.358 e. The molecule has 6 aromatic rings. The van der Waals surface area contributed by atoms with Crippen LogP contribution in [-0.2, 0) is 19.3 Å². The number of aromatic nitrogens is 1. The van der Waals surface area contributed by atoms with E-state index in [0.29, 0.717) is 12.1 Å². The molecule has 0 saturated heterocycles. The van der Waals surface area contributed by atoms with E-state index < -0.39 is 17.0 Å². The second kappa shape index (κ2) is 41.0. The maximum atomic E-state index is 12.4. The second-order valence-corrected chi connectivity index (χ2v) is 21.5. The lowest BCUT2D eigenvalue weighted by molar-refractivity contribution is -0.424. The fourth-order valence-corrected chi connectivity index (χ4v) is 10.8. The third kappa shape index (κ3) is 22.3. The Bertz CT molecular complexity index is 4120. The van der Waals surface area contributed by atoms with Crippen molar-refractivity contribution in [2.75, 3.05) is 15.1 Å². The van der Waals surface area contributed by atoms with Gasteiger partial charge in [-0.05, 0) is 168 Å². The molecule has 496 valence electrons. The molecular formula is C82H97N7O6. The van der Waals surface area contributed by atoms with Crippen LogP contribution in [0.5, 0.6) is 0 Å². The number of hydrogen-bond acceptors (Lipinski definition) is 9. The molecule has 0 fully saturated rings. The summed E-state index contributed by atoms with van der Waals surface area (Å²) in [7, 11) is 0. The highest BCUT2D eigenvalue weighted by Gasteiger charge is 2.24. The summed E-state index contributed by atoms with van der Waals surface area (Å²) in [5.41, 5.74) is 12.3. The van der Waals surface area contributed by atoms with Crippen LogP contribution in [0.2, 0.25) is 0 Å². The van der Waals surface area contributed by atoms with Crippen molar-refractivity contribution in [1.29, 1.82) is 0 Å². The van der Waals surface area contributed by atoms with Gasteiger partial charge in [-0.15, -0.1) is 0 Å². The first-order valence-corrected chi connectivity index (χ1v) is 32.8. The summed E-state index contributed by atoms with van der Waals surface area (Å²) in [4.78, 5) is 39.5. The molecule has 1 aromatic heterocycles. The van der Waals surface area contributed by atoms with Crippen LogP contribution >= 0.6 is 0 Å². The van der Waals surface area contributed by atoms with Crippen LogP contribution in [0.25, 0.3) is 34.8 Å². The van der Waals surface area contributed by atoms with Gasteiger partial charge in [0.1, 0.15) is 0 Å². The highest BCUT2D eigenvalue weighted by Crippen LogP contribution is 2.35. The Balaban J connectivity index is 0.000000890. The van der Waals surface area contributed by atoms with E-state index in [9.17, 15) is 30.3 Å². The van der Waals surface area contributed by atoms with E-state index in [1.807, 2.05) is 123 Å². The summed E-state index contributed by atoms with van der Waals surface area (Å²) in [6.07, 6.45) is 48.5. The zero-order chi connectivity index (χ0) is 69.8. The van der Waals surface area contributed by atoms with Crippen molar-refractivity contribution in [3.8, 4) is 5.69 Å². The van der Waals surface area contributed by atoms with Crippen LogP contribution < -0.4 is 25.7 Å². The van der Waals surface area contributed by atoms with Crippen molar-refractivity contribution >= 4 is 57.6 Å². The zero-order valence-corrected chi connectivity index (χ0v) is 57.9. The van der Waals surface area contributed by atoms with E-state index in [-0.39, 0.29) is 26.9 Å². The van der Waals surface area contributed by atoms with Crippen LogP contribution in [0.1, 0.15) is 125 Å². The molecule has 95 heavy (non-hydrogen) atoms. The second-order valence-electron chi connectivity index (χ2n) is 21.5. The molecule has 0 saturated carbocycles. The van der Waals surface area contributed by atoms with Gasteiger partial charge >= 0.3 is 0 Å². The topological polar surface area (TPSA) is 153 Å². The molecule has 0 spiro atoms. The Morgan fingerprint density at radius 1 is 0.684 bits per heavy atom. The molecule has 2 unspecified atom stereocenters. The number of non-ortho nitro benzene ring substituents is 1. The summed E-state index contributed by atoms with van der Waals surface area (Å²) in [6, 6.07) is 34.4. The lowest BCUT2D eigenvalue weighted by Crippen LogP contribution is -2.32. The van der Waals surface area contributed by atoms with E-state index in [1.165, 1.54) is 41.8 Å². The number of anilines is 4. The SMILES string of the molecule is C=C/C=C\C.C=CC=CC(/C=C(\C)[N+](=O)[O-])N(/C(C)=C/c1ccccc1CC)c1cccc(-n2c3c(c4cc(N(c5ccc6c(c5)C/C=C\C=CC6)C(C)/C=C(\C=C/C)[N+](=O)[O-])ccc42)=CCC(Nc2cccc([N+](=O)[O-])c2)=CC=3)c1.CC.CC.C\C=C/C=C(\C=C/C)CC. The number of nitro groups is 3. The van der Waals surface area contributed by atoms with Gasteiger partial charge in [0.2, 0.25) is 5.70 Å². The lowest BCUT2D eigenvalue weighted by atomic mass is 9.98. The summed E-state index contributed by atoms with van der Waals surface area (Å²) in [6.45, 7) is 32.9. The van der Waals surface area contributed by atoms with E-state index in [4.69, 9.17) is 0 Å². The first kappa shape index (κ1) is 76.8. The van der Waals surface area contributed by atoms with Crippen LogP contribution in [0.3, 0.4) is 0 Å². The summed E-state index contributed by atoms with van der Waals surface area (Å²) in [5, 5.41) is 42.5. The summed E-state index contributed by atoms with van der Waals surface area (Å²) >= 11 is 0. The number of rotatable bonds is 23. The minimum absolute atomic E-state index is 0.00351. The zero-order valence-electron chi connectivity index (χ0n) is 57.9. The fourth-order valence-electron chi connectivity index (χ4n) is 10.8. The largest absolute Gasteiger partial charge is 0.358 e. The maximum absolute atomic E-state index is 12.4. The van der Waals surface area contributed by atoms with Gasteiger partial charge in [-0.25, -0.2) is 0 Å². The molecule has 1 N–H and O–H groups in total. The molecule has 0 aliphatic heterocycles. The predicted molar refractivity (Wildman–Crippen MR) is 406 cm³/mol. The van der Waals surface area contributed by atoms with Crippen molar-refractivity contribution in [2.45, 2.75) is 134 Å². The number of nitrogens with zero attached hydrogens (tertiary/aromatic N) is 6. The molecule has 0 radical (unpaired) electrons. The lowest BCUT2D eigenvalue weighted by Gasteiger charge is -2.31. The quantitative estimate of drug-likeness (QED) is 0.0375. The van der Waals surface area contributed by atoms with Gasteiger partial charge in [0, 0.05) is 94.1 Å². The molecule has 8 rings (SSSR count). The van der Waals surface area contributed by atoms with Crippen molar-refractivity contribution in [3.63, 3.8) is 0 Å². The van der Waals surface area contributed by atoms with Gasteiger partial charge in [0.15, 0.2) is 0 Å². The molecule has 13 heteroatoms. The van der Waals surface area contributed by atoms with E-state index in [0.717, 1.165) is 92.4 Å². The van der Waals surface area contributed by atoms with E-state index in [1.54, 1.807) is 55.5 Å². The molecule has 0 amide bonds. The summed E-state index contributed by atoms with van der Waals surface area (Å²) < 4.78 is 2.20. The third-order valence-electron chi connectivity index (χ3n) is 15.1. The van der Waals surface area contributed by atoms with Crippen molar-refractivity contribution in [1.82, 2.24) is 4.57 Å². The molecule has 0 bridgehead atoms. The Kier molecular flexibility index (Phi) is 33.2. The monoisotopic (exact) mass is 1280 g/mol. The maximum Gasteiger partial charge on any atom is 0.271 e. The third-order valence-corrected chi connectivity index (χ3v) is 15.1. The van der Waals surface area contributed by atoms with Crippen molar-refractivity contribution in [2.24, 2.45) is 0 Å². The van der Waals surface area contributed by atoms with Crippen LogP contribution in [0.15, 0.2) is 272 Å².